The Bertz CT molecular complexity index is 636. The third kappa shape index (κ3) is 4.52. The molecule has 0 atom stereocenters. The number of hydrogen-bond acceptors (Lipinski definition) is 2. The highest BCUT2D eigenvalue weighted by Crippen LogP contribution is 2.23. The Morgan fingerprint density at radius 3 is 2.38 bits per heavy atom. The van der Waals surface area contributed by atoms with Gasteiger partial charge in [-0.3, -0.25) is 4.79 Å². The number of carbonyl (C=O) groups is 1. The number of carbonyl (C=O) groups excluding carboxylic acids is 1. The molecule has 21 heavy (non-hydrogen) atoms. The van der Waals surface area contributed by atoms with Crippen molar-refractivity contribution in [1.29, 1.82) is 0 Å². The van der Waals surface area contributed by atoms with E-state index in [4.69, 9.17) is 0 Å². The highest BCUT2D eigenvalue weighted by atomic mass is 19.4. The van der Waals surface area contributed by atoms with E-state index >= 15 is 0 Å². The van der Waals surface area contributed by atoms with Gasteiger partial charge in [0.05, 0.1) is 0 Å². The second kappa shape index (κ2) is 5.87. The fourth-order valence-corrected chi connectivity index (χ4v) is 1.67. The van der Waals surface area contributed by atoms with E-state index in [2.05, 4.69) is 10.1 Å². The molecule has 0 bridgehead atoms. The van der Waals surface area contributed by atoms with Gasteiger partial charge >= 0.3 is 6.36 Å². The predicted octanol–water partition coefficient (Wildman–Crippen LogP) is 4.15. The van der Waals surface area contributed by atoms with Gasteiger partial charge in [-0.1, -0.05) is 23.8 Å². The van der Waals surface area contributed by atoms with E-state index < -0.39 is 18.0 Å². The number of ether oxygens (including phenoxy) is 1. The number of rotatable bonds is 3. The minimum Gasteiger partial charge on any atom is -0.406 e. The second-order valence-corrected chi connectivity index (χ2v) is 4.40. The number of amides is 1. The van der Waals surface area contributed by atoms with E-state index in [1.807, 2.05) is 19.1 Å². The molecule has 3 nitrogen and oxygen atoms in total. The van der Waals surface area contributed by atoms with Crippen molar-refractivity contribution in [2.24, 2.45) is 0 Å². The Hall–Kier alpha value is -2.50. The molecule has 0 saturated carbocycles. The molecular weight excluding hydrogens is 283 g/mol. The van der Waals surface area contributed by atoms with Gasteiger partial charge in [0.15, 0.2) is 0 Å². The van der Waals surface area contributed by atoms with Crippen molar-refractivity contribution in [3.8, 4) is 5.75 Å². The Morgan fingerprint density at radius 2 is 1.76 bits per heavy atom. The SMILES string of the molecule is Cc1ccc(NC(=O)c2cccc(OC(F)(F)F)c2)cc1. The van der Waals surface area contributed by atoms with Crippen molar-refractivity contribution < 1.29 is 22.7 Å². The van der Waals surface area contributed by atoms with Gasteiger partial charge < -0.3 is 10.1 Å². The van der Waals surface area contributed by atoms with Gasteiger partial charge in [0.25, 0.3) is 5.91 Å². The van der Waals surface area contributed by atoms with Crippen LogP contribution in [0, 0.1) is 6.92 Å². The highest BCUT2D eigenvalue weighted by molar-refractivity contribution is 6.04. The van der Waals surface area contributed by atoms with Crippen molar-refractivity contribution in [3.63, 3.8) is 0 Å². The van der Waals surface area contributed by atoms with E-state index in [1.54, 1.807) is 12.1 Å². The quantitative estimate of drug-likeness (QED) is 0.924. The van der Waals surface area contributed by atoms with Crippen LogP contribution >= 0.6 is 0 Å². The van der Waals surface area contributed by atoms with Gasteiger partial charge in [0, 0.05) is 11.3 Å². The zero-order chi connectivity index (χ0) is 15.5. The molecular formula is C15H12F3NO2. The van der Waals surface area contributed by atoms with Crippen molar-refractivity contribution in [2.45, 2.75) is 13.3 Å². The fourth-order valence-electron chi connectivity index (χ4n) is 1.67. The van der Waals surface area contributed by atoms with Gasteiger partial charge in [0.1, 0.15) is 5.75 Å². The average molecular weight is 295 g/mol. The Labute approximate surface area is 119 Å². The molecule has 0 aliphatic carbocycles. The minimum atomic E-state index is -4.79. The zero-order valence-corrected chi connectivity index (χ0v) is 11.1. The third-order valence-corrected chi connectivity index (χ3v) is 2.64. The molecule has 0 radical (unpaired) electrons. The van der Waals surface area contributed by atoms with Crippen LogP contribution in [0.1, 0.15) is 15.9 Å². The van der Waals surface area contributed by atoms with Gasteiger partial charge in [-0.2, -0.15) is 0 Å². The summed E-state index contributed by atoms with van der Waals surface area (Å²) in [6.45, 7) is 1.91. The number of halogens is 3. The molecule has 0 fully saturated rings. The highest BCUT2D eigenvalue weighted by Gasteiger charge is 2.31. The molecule has 2 rings (SSSR count). The molecule has 0 heterocycles. The largest absolute Gasteiger partial charge is 0.573 e. The Kier molecular flexibility index (Phi) is 4.16. The standard InChI is InChI=1S/C15H12F3NO2/c1-10-5-7-12(8-6-10)19-14(20)11-3-2-4-13(9-11)21-15(16,17)18/h2-9H,1H3,(H,19,20). The molecule has 110 valence electrons. The van der Waals surface area contributed by atoms with Crippen LogP contribution in [0.15, 0.2) is 48.5 Å². The van der Waals surface area contributed by atoms with Crippen LogP contribution in [0.25, 0.3) is 0 Å². The van der Waals surface area contributed by atoms with Crippen LogP contribution in [0.4, 0.5) is 18.9 Å². The summed E-state index contributed by atoms with van der Waals surface area (Å²) in [7, 11) is 0. The lowest BCUT2D eigenvalue weighted by atomic mass is 10.2. The number of nitrogens with one attached hydrogen (secondary N) is 1. The van der Waals surface area contributed by atoms with Crippen molar-refractivity contribution >= 4 is 11.6 Å². The summed E-state index contributed by atoms with van der Waals surface area (Å²) in [5.41, 5.74) is 1.68. The Morgan fingerprint density at radius 1 is 1.10 bits per heavy atom. The first-order chi connectivity index (χ1) is 9.83. The molecule has 0 aliphatic rings. The maximum atomic E-state index is 12.1. The molecule has 0 spiro atoms. The monoisotopic (exact) mass is 295 g/mol. The molecule has 1 amide bonds. The molecule has 2 aromatic rings. The van der Waals surface area contributed by atoms with Crippen LogP contribution < -0.4 is 10.1 Å². The number of alkyl halides is 3. The number of anilines is 1. The Balaban J connectivity index is 2.12. The predicted molar refractivity (Wildman–Crippen MR) is 72.3 cm³/mol. The molecule has 0 aliphatic heterocycles. The first-order valence-electron chi connectivity index (χ1n) is 6.07. The summed E-state index contributed by atoms with van der Waals surface area (Å²) < 4.78 is 40.2. The summed E-state index contributed by atoms with van der Waals surface area (Å²) in [4.78, 5) is 12.0. The van der Waals surface area contributed by atoms with Crippen LogP contribution in [0.5, 0.6) is 5.75 Å². The molecule has 0 saturated heterocycles. The lowest BCUT2D eigenvalue weighted by molar-refractivity contribution is -0.274. The molecule has 0 unspecified atom stereocenters. The first-order valence-corrected chi connectivity index (χ1v) is 6.07. The van der Waals surface area contributed by atoms with Gasteiger partial charge in [-0.05, 0) is 37.3 Å². The smallest absolute Gasteiger partial charge is 0.406 e. The molecule has 1 N–H and O–H groups in total. The third-order valence-electron chi connectivity index (χ3n) is 2.64. The van der Waals surface area contributed by atoms with Crippen molar-refractivity contribution in [1.82, 2.24) is 0 Å². The lowest BCUT2D eigenvalue weighted by Gasteiger charge is -2.10. The van der Waals surface area contributed by atoms with Crippen LogP contribution in [-0.4, -0.2) is 12.3 Å². The summed E-state index contributed by atoms with van der Waals surface area (Å²) in [6.07, 6.45) is -4.79. The summed E-state index contributed by atoms with van der Waals surface area (Å²) >= 11 is 0. The summed E-state index contributed by atoms with van der Waals surface area (Å²) in [5, 5.41) is 2.60. The lowest BCUT2D eigenvalue weighted by Crippen LogP contribution is -2.18. The average Bonchev–Trinajstić information content (AvgIpc) is 2.40. The maximum Gasteiger partial charge on any atom is 0.573 e. The molecule has 0 aromatic heterocycles. The first kappa shape index (κ1) is 14.9. The van der Waals surface area contributed by atoms with Gasteiger partial charge in [-0.15, -0.1) is 13.2 Å². The van der Waals surface area contributed by atoms with E-state index in [0.29, 0.717) is 5.69 Å². The van der Waals surface area contributed by atoms with E-state index in [9.17, 15) is 18.0 Å². The van der Waals surface area contributed by atoms with Crippen LogP contribution in [0.2, 0.25) is 0 Å². The van der Waals surface area contributed by atoms with Crippen LogP contribution in [0.3, 0.4) is 0 Å². The summed E-state index contributed by atoms with van der Waals surface area (Å²) in [5.74, 6) is -0.939. The van der Waals surface area contributed by atoms with Crippen molar-refractivity contribution in [2.75, 3.05) is 5.32 Å². The normalized spacial score (nSPS) is 11.0. The summed E-state index contributed by atoms with van der Waals surface area (Å²) in [6, 6.07) is 12.0. The maximum absolute atomic E-state index is 12.1. The van der Waals surface area contributed by atoms with Gasteiger partial charge in [-0.25, -0.2) is 0 Å². The van der Waals surface area contributed by atoms with E-state index in [-0.39, 0.29) is 5.56 Å². The second-order valence-electron chi connectivity index (χ2n) is 4.40. The topological polar surface area (TPSA) is 38.3 Å². The zero-order valence-electron chi connectivity index (χ0n) is 11.1. The number of benzene rings is 2. The van der Waals surface area contributed by atoms with E-state index in [1.165, 1.54) is 12.1 Å². The molecule has 2 aromatic carbocycles. The minimum absolute atomic E-state index is 0.0809. The number of hydrogen-bond donors (Lipinski definition) is 1. The number of aryl methyl sites for hydroxylation is 1. The van der Waals surface area contributed by atoms with Gasteiger partial charge in [0.2, 0.25) is 0 Å². The van der Waals surface area contributed by atoms with Crippen LogP contribution in [-0.2, 0) is 0 Å². The molecule has 6 heteroatoms. The van der Waals surface area contributed by atoms with E-state index in [0.717, 1.165) is 17.7 Å². The van der Waals surface area contributed by atoms with Crippen molar-refractivity contribution in [3.05, 3.63) is 59.7 Å². The fraction of sp³-hybridized carbons (Fsp3) is 0.133.